The number of ether oxygens (including phenoxy) is 1. The van der Waals surface area contributed by atoms with Gasteiger partial charge in [0.05, 0.1) is 6.20 Å². The highest BCUT2D eigenvalue weighted by molar-refractivity contribution is 7.14. The number of amides is 1. The fourth-order valence-corrected chi connectivity index (χ4v) is 2.98. The number of thiazole rings is 1. The van der Waals surface area contributed by atoms with Gasteiger partial charge >= 0.3 is 0 Å². The molecule has 0 bridgehead atoms. The molecule has 0 atom stereocenters. The standard InChI is InChI=1S/C20H18N2O2S/c1-21-20(23)18-13-22-19(25-18)11-10-15-8-5-9-17(12-15)24-14-16-6-3-2-4-7-16/h2-13H,14H2,1H3,(H,21,23)/b11-10+. The Morgan fingerprint density at radius 1 is 1.16 bits per heavy atom. The van der Waals surface area contributed by atoms with E-state index in [2.05, 4.69) is 10.3 Å². The zero-order valence-corrected chi connectivity index (χ0v) is 14.6. The number of carbonyl (C=O) groups is 1. The van der Waals surface area contributed by atoms with Crippen LogP contribution in [0, 0.1) is 0 Å². The Morgan fingerprint density at radius 2 is 2.00 bits per heavy atom. The molecule has 126 valence electrons. The lowest BCUT2D eigenvalue weighted by atomic mass is 10.2. The Kier molecular flexibility index (Phi) is 5.59. The minimum absolute atomic E-state index is 0.117. The molecule has 25 heavy (non-hydrogen) atoms. The first kappa shape index (κ1) is 16.9. The molecule has 0 aliphatic rings. The maximum Gasteiger partial charge on any atom is 0.262 e. The maximum absolute atomic E-state index is 11.6. The minimum Gasteiger partial charge on any atom is -0.489 e. The Morgan fingerprint density at radius 3 is 2.80 bits per heavy atom. The van der Waals surface area contributed by atoms with Gasteiger partial charge in [0.25, 0.3) is 5.91 Å². The van der Waals surface area contributed by atoms with Crippen LogP contribution >= 0.6 is 11.3 Å². The summed E-state index contributed by atoms with van der Waals surface area (Å²) in [6.45, 7) is 0.538. The van der Waals surface area contributed by atoms with Crippen molar-refractivity contribution >= 4 is 29.4 Å². The number of hydrogen-bond donors (Lipinski definition) is 1. The molecule has 0 saturated heterocycles. The van der Waals surface area contributed by atoms with E-state index in [1.165, 1.54) is 11.3 Å². The van der Waals surface area contributed by atoms with Crippen LogP contribution in [0.1, 0.15) is 25.8 Å². The smallest absolute Gasteiger partial charge is 0.262 e. The van der Waals surface area contributed by atoms with Gasteiger partial charge < -0.3 is 10.1 Å². The summed E-state index contributed by atoms with van der Waals surface area (Å²) in [5, 5.41) is 3.38. The monoisotopic (exact) mass is 350 g/mol. The molecule has 0 radical (unpaired) electrons. The van der Waals surface area contributed by atoms with Crippen LogP contribution < -0.4 is 10.1 Å². The van der Waals surface area contributed by atoms with Crippen LogP contribution in [0.5, 0.6) is 5.75 Å². The predicted molar refractivity (Wildman–Crippen MR) is 102 cm³/mol. The SMILES string of the molecule is CNC(=O)c1cnc(/C=C/c2cccc(OCc3ccccc3)c2)s1. The highest BCUT2D eigenvalue weighted by Gasteiger charge is 2.06. The largest absolute Gasteiger partial charge is 0.489 e. The van der Waals surface area contributed by atoms with E-state index in [-0.39, 0.29) is 5.91 Å². The number of rotatable bonds is 6. The average molecular weight is 350 g/mol. The van der Waals surface area contributed by atoms with Gasteiger partial charge in [0, 0.05) is 7.05 Å². The molecule has 5 heteroatoms. The molecular formula is C20H18N2O2S. The topological polar surface area (TPSA) is 51.2 Å². The lowest BCUT2D eigenvalue weighted by molar-refractivity contribution is 0.0967. The van der Waals surface area contributed by atoms with Crippen molar-refractivity contribution in [1.29, 1.82) is 0 Å². The van der Waals surface area contributed by atoms with Crippen molar-refractivity contribution < 1.29 is 9.53 Å². The van der Waals surface area contributed by atoms with Gasteiger partial charge in [-0.05, 0) is 29.3 Å². The van der Waals surface area contributed by atoms with Crippen LogP contribution in [0.3, 0.4) is 0 Å². The quantitative estimate of drug-likeness (QED) is 0.723. The molecule has 1 N–H and O–H groups in total. The molecule has 4 nitrogen and oxygen atoms in total. The van der Waals surface area contributed by atoms with E-state index in [1.54, 1.807) is 13.2 Å². The van der Waals surface area contributed by atoms with Crippen molar-refractivity contribution in [2.24, 2.45) is 0 Å². The highest BCUT2D eigenvalue weighted by Crippen LogP contribution is 2.19. The summed E-state index contributed by atoms with van der Waals surface area (Å²) in [4.78, 5) is 16.4. The van der Waals surface area contributed by atoms with Crippen LogP contribution in [0.25, 0.3) is 12.2 Å². The molecule has 0 aliphatic heterocycles. The third kappa shape index (κ3) is 4.78. The van der Waals surface area contributed by atoms with E-state index in [0.717, 1.165) is 21.9 Å². The first-order chi connectivity index (χ1) is 12.2. The van der Waals surface area contributed by atoms with Crippen molar-refractivity contribution in [3.05, 3.63) is 81.8 Å². The number of benzene rings is 2. The van der Waals surface area contributed by atoms with E-state index in [1.807, 2.05) is 66.7 Å². The Balaban J connectivity index is 1.65. The summed E-state index contributed by atoms with van der Waals surface area (Å²) >= 11 is 1.36. The summed E-state index contributed by atoms with van der Waals surface area (Å²) < 4.78 is 5.84. The molecule has 0 fully saturated rings. The molecule has 1 aromatic heterocycles. The van der Waals surface area contributed by atoms with Crippen LogP contribution in [-0.2, 0) is 6.61 Å². The summed E-state index contributed by atoms with van der Waals surface area (Å²) in [5.41, 5.74) is 2.15. The first-order valence-corrected chi connectivity index (χ1v) is 8.69. The number of nitrogens with one attached hydrogen (secondary N) is 1. The molecule has 0 aliphatic carbocycles. The average Bonchev–Trinajstić information content (AvgIpc) is 3.14. The van der Waals surface area contributed by atoms with Crippen molar-refractivity contribution in [1.82, 2.24) is 10.3 Å². The van der Waals surface area contributed by atoms with E-state index < -0.39 is 0 Å². The Hall–Kier alpha value is -2.92. The molecule has 1 amide bonds. The molecule has 3 rings (SSSR count). The second kappa shape index (κ2) is 8.26. The van der Waals surface area contributed by atoms with Gasteiger partial charge in [0.15, 0.2) is 0 Å². The van der Waals surface area contributed by atoms with Gasteiger partial charge in [0.1, 0.15) is 22.2 Å². The van der Waals surface area contributed by atoms with E-state index in [4.69, 9.17) is 4.74 Å². The lowest BCUT2D eigenvalue weighted by Crippen LogP contribution is -2.16. The van der Waals surface area contributed by atoms with Crippen molar-refractivity contribution in [2.45, 2.75) is 6.61 Å². The van der Waals surface area contributed by atoms with Crippen LogP contribution in [0.15, 0.2) is 60.8 Å². The summed E-state index contributed by atoms with van der Waals surface area (Å²) in [5.74, 6) is 0.699. The van der Waals surface area contributed by atoms with Gasteiger partial charge in [-0.15, -0.1) is 11.3 Å². The summed E-state index contributed by atoms with van der Waals surface area (Å²) in [6, 6.07) is 17.9. The number of hydrogen-bond acceptors (Lipinski definition) is 4. The highest BCUT2D eigenvalue weighted by atomic mass is 32.1. The van der Waals surface area contributed by atoms with Crippen molar-refractivity contribution in [3.63, 3.8) is 0 Å². The van der Waals surface area contributed by atoms with Crippen molar-refractivity contribution in [3.8, 4) is 5.75 Å². The second-order valence-electron chi connectivity index (χ2n) is 5.32. The molecule has 1 heterocycles. The molecule has 2 aromatic carbocycles. The molecular weight excluding hydrogens is 332 g/mol. The Bertz CT molecular complexity index is 872. The van der Waals surface area contributed by atoms with Crippen molar-refractivity contribution in [2.75, 3.05) is 7.05 Å². The normalized spacial score (nSPS) is 10.8. The molecule has 0 saturated carbocycles. The zero-order valence-electron chi connectivity index (χ0n) is 13.8. The van der Waals surface area contributed by atoms with Crippen LogP contribution in [0.4, 0.5) is 0 Å². The van der Waals surface area contributed by atoms with Crippen LogP contribution in [-0.4, -0.2) is 17.9 Å². The van der Waals surface area contributed by atoms with E-state index in [0.29, 0.717) is 11.5 Å². The summed E-state index contributed by atoms with van der Waals surface area (Å²) in [6.07, 6.45) is 5.44. The van der Waals surface area contributed by atoms with Gasteiger partial charge in [-0.25, -0.2) is 4.98 Å². The Labute approximate surface area is 150 Å². The fourth-order valence-electron chi connectivity index (χ4n) is 2.21. The third-order valence-electron chi connectivity index (χ3n) is 3.50. The van der Waals surface area contributed by atoms with E-state index >= 15 is 0 Å². The van der Waals surface area contributed by atoms with Crippen LogP contribution in [0.2, 0.25) is 0 Å². The molecule has 0 spiro atoms. The van der Waals surface area contributed by atoms with Gasteiger partial charge in [-0.3, -0.25) is 4.79 Å². The summed E-state index contributed by atoms with van der Waals surface area (Å²) in [7, 11) is 1.61. The molecule has 3 aromatic rings. The maximum atomic E-state index is 11.6. The number of nitrogens with zero attached hydrogens (tertiary/aromatic N) is 1. The second-order valence-corrected chi connectivity index (χ2v) is 6.38. The molecule has 0 unspecified atom stereocenters. The van der Waals surface area contributed by atoms with Gasteiger partial charge in [-0.2, -0.15) is 0 Å². The number of carbonyl (C=O) groups excluding carboxylic acids is 1. The van der Waals surface area contributed by atoms with Gasteiger partial charge in [0.2, 0.25) is 0 Å². The lowest BCUT2D eigenvalue weighted by Gasteiger charge is -2.06. The third-order valence-corrected chi connectivity index (χ3v) is 4.46. The predicted octanol–water partition coefficient (Wildman–Crippen LogP) is 4.25. The minimum atomic E-state index is -0.117. The van der Waals surface area contributed by atoms with Gasteiger partial charge in [-0.1, -0.05) is 48.5 Å². The fraction of sp³-hybridized carbons (Fsp3) is 0.100. The zero-order chi connectivity index (χ0) is 17.5. The first-order valence-electron chi connectivity index (χ1n) is 7.87. The number of aromatic nitrogens is 1. The van der Waals surface area contributed by atoms with E-state index in [9.17, 15) is 4.79 Å².